The molecule has 2 aromatic rings. The van der Waals surface area contributed by atoms with Crippen molar-refractivity contribution >= 4 is 21.9 Å². The molecule has 1 saturated heterocycles. The van der Waals surface area contributed by atoms with Crippen LogP contribution in [0.4, 0.5) is 0 Å². The van der Waals surface area contributed by atoms with Gasteiger partial charge in [0.25, 0.3) is 5.91 Å². The first-order valence-corrected chi connectivity index (χ1v) is 10.6. The van der Waals surface area contributed by atoms with E-state index < -0.39 is 22.1 Å². The van der Waals surface area contributed by atoms with Gasteiger partial charge in [-0.05, 0) is 31.0 Å². The van der Waals surface area contributed by atoms with E-state index in [0.29, 0.717) is 18.7 Å². The quantitative estimate of drug-likeness (QED) is 0.716. The van der Waals surface area contributed by atoms with Gasteiger partial charge in [-0.2, -0.15) is 0 Å². The Morgan fingerprint density at radius 3 is 2.31 bits per heavy atom. The van der Waals surface area contributed by atoms with Gasteiger partial charge in [-0.1, -0.05) is 30.3 Å². The zero-order chi connectivity index (χ0) is 21.0. The number of benzene rings is 2. The van der Waals surface area contributed by atoms with Gasteiger partial charge >= 0.3 is 5.97 Å². The number of primary sulfonamides is 1. The number of likely N-dealkylation sites (tertiary alicyclic amines) is 1. The number of carbonyl (C=O) groups is 2. The van der Waals surface area contributed by atoms with E-state index in [2.05, 4.69) is 0 Å². The molecule has 29 heavy (non-hydrogen) atoms. The van der Waals surface area contributed by atoms with Crippen molar-refractivity contribution in [2.45, 2.75) is 23.8 Å². The lowest BCUT2D eigenvalue weighted by atomic mass is 10.1. The number of hydrogen-bond donors (Lipinski definition) is 1. The molecule has 0 saturated carbocycles. The average molecular weight is 418 g/mol. The molecule has 0 aliphatic carbocycles. The summed E-state index contributed by atoms with van der Waals surface area (Å²) < 4.78 is 34.0. The molecule has 0 unspecified atom stereocenters. The number of hydrogen-bond acceptors (Lipinski definition) is 6. The van der Waals surface area contributed by atoms with Gasteiger partial charge in [0.15, 0.2) is 0 Å². The van der Waals surface area contributed by atoms with Gasteiger partial charge in [0, 0.05) is 18.7 Å². The fourth-order valence-electron chi connectivity index (χ4n) is 3.19. The molecule has 2 aromatic carbocycles. The molecule has 1 aliphatic heterocycles. The van der Waals surface area contributed by atoms with E-state index in [9.17, 15) is 18.0 Å². The largest absolute Gasteiger partial charge is 0.496 e. The van der Waals surface area contributed by atoms with Crippen molar-refractivity contribution < 1.29 is 27.5 Å². The summed E-state index contributed by atoms with van der Waals surface area (Å²) in [6.07, 6.45) is 0.640. The molecular formula is C20H22N2O6S. The van der Waals surface area contributed by atoms with Crippen molar-refractivity contribution in [1.82, 2.24) is 4.90 Å². The highest BCUT2D eigenvalue weighted by Crippen LogP contribution is 2.28. The van der Waals surface area contributed by atoms with E-state index in [-0.39, 0.29) is 22.1 Å². The first-order chi connectivity index (χ1) is 13.8. The fraction of sp³-hybridized carbons (Fsp3) is 0.300. The summed E-state index contributed by atoms with van der Waals surface area (Å²) >= 11 is 0. The maximum absolute atomic E-state index is 13.0. The van der Waals surface area contributed by atoms with Crippen LogP contribution in [0, 0.1) is 0 Å². The molecule has 1 amide bonds. The minimum absolute atomic E-state index is 0.114. The molecule has 2 N–H and O–H groups in total. The molecule has 1 heterocycles. The lowest BCUT2D eigenvalue weighted by Gasteiger charge is -2.24. The standard InChI is InChI=1S/C20H22N2O6S/c1-27-17-10-9-15(29(21,25)26)13-16(17)20(24)28-18(14-7-3-2-4-8-14)19(23)22-11-5-6-12-22/h2-4,7-10,13,18H,5-6,11-12H2,1H3,(H2,21,25,26)/t18-/m1/s1. The van der Waals surface area contributed by atoms with E-state index in [1.807, 2.05) is 0 Å². The van der Waals surface area contributed by atoms with Crippen molar-refractivity contribution in [1.29, 1.82) is 0 Å². The van der Waals surface area contributed by atoms with Gasteiger partial charge in [-0.25, -0.2) is 18.4 Å². The minimum Gasteiger partial charge on any atom is -0.496 e. The molecule has 1 aliphatic rings. The first kappa shape index (κ1) is 20.8. The molecule has 0 bridgehead atoms. The van der Waals surface area contributed by atoms with Crippen molar-refractivity contribution in [3.63, 3.8) is 0 Å². The predicted octanol–water partition coefficient (Wildman–Crippen LogP) is 1.86. The summed E-state index contributed by atoms with van der Waals surface area (Å²) in [4.78, 5) is 27.3. The molecular weight excluding hydrogens is 396 g/mol. The van der Waals surface area contributed by atoms with Crippen molar-refractivity contribution in [2.24, 2.45) is 5.14 Å². The molecule has 8 nitrogen and oxygen atoms in total. The minimum atomic E-state index is -4.03. The van der Waals surface area contributed by atoms with Crippen LogP contribution in [0.1, 0.15) is 34.9 Å². The Labute approximate surface area is 169 Å². The van der Waals surface area contributed by atoms with Crippen LogP contribution in [-0.2, 0) is 19.6 Å². The van der Waals surface area contributed by atoms with Gasteiger partial charge in [-0.15, -0.1) is 0 Å². The molecule has 154 valence electrons. The first-order valence-electron chi connectivity index (χ1n) is 9.07. The lowest BCUT2D eigenvalue weighted by Crippen LogP contribution is -2.35. The summed E-state index contributed by atoms with van der Waals surface area (Å²) in [6, 6.07) is 12.3. The highest BCUT2D eigenvalue weighted by Gasteiger charge is 2.32. The number of ether oxygens (including phenoxy) is 2. The number of amides is 1. The maximum atomic E-state index is 13.0. The van der Waals surface area contributed by atoms with Crippen LogP contribution < -0.4 is 9.88 Å². The van der Waals surface area contributed by atoms with Crippen LogP contribution in [0.15, 0.2) is 53.4 Å². The number of nitrogens with two attached hydrogens (primary N) is 1. The van der Waals surface area contributed by atoms with E-state index in [1.165, 1.54) is 19.2 Å². The molecule has 0 spiro atoms. The summed E-state index contributed by atoms with van der Waals surface area (Å²) in [5, 5.41) is 5.16. The second-order valence-corrected chi connectivity index (χ2v) is 8.20. The van der Waals surface area contributed by atoms with Gasteiger partial charge in [0.2, 0.25) is 16.1 Å². The second-order valence-electron chi connectivity index (χ2n) is 6.64. The van der Waals surface area contributed by atoms with Crippen LogP contribution in [-0.4, -0.2) is 45.4 Å². The van der Waals surface area contributed by atoms with E-state index >= 15 is 0 Å². The smallest absolute Gasteiger partial charge is 0.343 e. The number of esters is 1. The maximum Gasteiger partial charge on any atom is 0.343 e. The molecule has 3 rings (SSSR count). The van der Waals surface area contributed by atoms with Gasteiger partial charge in [0.1, 0.15) is 11.3 Å². The van der Waals surface area contributed by atoms with Crippen molar-refractivity contribution in [3.05, 3.63) is 59.7 Å². The third-order valence-electron chi connectivity index (χ3n) is 4.69. The zero-order valence-corrected chi connectivity index (χ0v) is 16.7. The summed E-state index contributed by atoms with van der Waals surface area (Å²) in [6.45, 7) is 1.20. The Morgan fingerprint density at radius 1 is 1.07 bits per heavy atom. The lowest BCUT2D eigenvalue weighted by molar-refractivity contribution is -0.140. The summed E-state index contributed by atoms with van der Waals surface area (Å²) in [5.41, 5.74) is 0.397. The van der Waals surface area contributed by atoms with Crippen LogP contribution in [0.5, 0.6) is 5.75 Å². The van der Waals surface area contributed by atoms with Crippen molar-refractivity contribution in [3.8, 4) is 5.75 Å². The molecule has 1 atom stereocenters. The van der Waals surface area contributed by atoms with Crippen LogP contribution in [0.2, 0.25) is 0 Å². The van der Waals surface area contributed by atoms with Crippen LogP contribution >= 0.6 is 0 Å². The Morgan fingerprint density at radius 2 is 1.72 bits per heavy atom. The number of nitrogens with zero attached hydrogens (tertiary/aromatic N) is 1. The van der Waals surface area contributed by atoms with Gasteiger partial charge in [0.05, 0.1) is 12.0 Å². The Balaban J connectivity index is 1.95. The van der Waals surface area contributed by atoms with Gasteiger partial charge in [-0.3, -0.25) is 4.79 Å². The van der Waals surface area contributed by atoms with E-state index in [1.54, 1.807) is 35.2 Å². The van der Waals surface area contributed by atoms with Crippen LogP contribution in [0.3, 0.4) is 0 Å². The number of sulfonamides is 1. The Hall–Kier alpha value is -2.91. The molecule has 9 heteroatoms. The predicted molar refractivity (Wildman–Crippen MR) is 105 cm³/mol. The molecule has 1 fully saturated rings. The fourth-order valence-corrected chi connectivity index (χ4v) is 3.73. The monoisotopic (exact) mass is 418 g/mol. The van der Waals surface area contributed by atoms with E-state index in [4.69, 9.17) is 14.6 Å². The van der Waals surface area contributed by atoms with Gasteiger partial charge < -0.3 is 14.4 Å². The van der Waals surface area contributed by atoms with Crippen molar-refractivity contribution in [2.75, 3.05) is 20.2 Å². The topological polar surface area (TPSA) is 116 Å². The third-order valence-corrected chi connectivity index (χ3v) is 5.60. The normalized spacial score (nSPS) is 15.0. The highest BCUT2D eigenvalue weighted by molar-refractivity contribution is 7.89. The van der Waals surface area contributed by atoms with E-state index in [0.717, 1.165) is 18.9 Å². The zero-order valence-electron chi connectivity index (χ0n) is 15.9. The number of carbonyl (C=O) groups excluding carboxylic acids is 2. The number of rotatable bonds is 6. The summed E-state index contributed by atoms with van der Waals surface area (Å²) in [7, 11) is -2.69. The molecule has 0 radical (unpaired) electrons. The Bertz CT molecular complexity index is 1000. The number of methoxy groups -OCH3 is 1. The van der Waals surface area contributed by atoms with Crippen LogP contribution in [0.25, 0.3) is 0 Å². The average Bonchev–Trinajstić information content (AvgIpc) is 3.25. The highest BCUT2D eigenvalue weighted by atomic mass is 32.2. The Kier molecular flexibility index (Phi) is 6.19. The SMILES string of the molecule is COc1ccc(S(N)(=O)=O)cc1C(=O)O[C@@H](C(=O)N1CCCC1)c1ccccc1. The molecule has 0 aromatic heterocycles. The summed E-state index contributed by atoms with van der Waals surface area (Å²) in [5.74, 6) is -1.08. The second kappa shape index (κ2) is 8.62. The third kappa shape index (κ3) is 4.75.